The summed E-state index contributed by atoms with van der Waals surface area (Å²) in [5.41, 5.74) is 0. The molecule has 7 nitrogen and oxygen atoms in total. The number of urea groups is 1. The summed E-state index contributed by atoms with van der Waals surface area (Å²) in [5, 5.41) is 11.9. The molecule has 1 unspecified atom stereocenters. The van der Waals surface area contributed by atoms with E-state index in [1.165, 1.54) is 0 Å². The minimum atomic E-state index is -0.825. The summed E-state index contributed by atoms with van der Waals surface area (Å²) in [6, 6.07) is -0.231. The van der Waals surface area contributed by atoms with Gasteiger partial charge in [0.1, 0.15) is 0 Å². The molecule has 7 heteroatoms. The van der Waals surface area contributed by atoms with E-state index in [0.29, 0.717) is 26.1 Å². The highest BCUT2D eigenvalue weighted by molar-refractivity contribution is 5.76. The highest BCUT2D eigenvalue weighted by Gasteiger charge is 2.28. The van der Waals surface area contributed by atoms with Crippen LogP contribution in [0.15, 0.2) is 18.7 Å². The second kappa shape index (κ2) is 6.40. The lowest BCUT2D eigenvalue weighted by Crippen LogP contribution is -2.49. The zero-order valence-corrected chi connectivity index (χ0v) is 11.5. The Balaban J connectivity index is 1.83. The number of aliphatic carboxylic acids is 1. The Bertz CT molecular complexity index is 460. The number of carbonyl (C=O) groups excluding carboxylic acids is 1. The van der Waals surface area contributed by atoms with E-state index in [2.05, 4.69) is 10.3 Å². The second-order valence-electron chi connectivity index (χ2n) is 5.23. The van der Waals surface area contributed by atoms with Gasteiger partial charge in [-0.1, -0.05) is 0 Å². The van der Waals surface area contributed by atoms with Crippen molar-refractivity contribution in [2.75, 3.05) is 13.1 Å². The van der Waals surface area contributed by atoms with Crippen LogP contribution in [0.2, 0.25) is 0 Å². The molecule has 0 saturated carbocycles. The number of hydrogen-bond acceptors (Lipinski definition) is 3. The minimum Gasteiger partial charge on any atom is -0.481 e. The first-order valence-corrected chi connectivity index (χ1v) is 6.80. The van der Waals surface area contributed by atoms with E-state index >= 15 is 0 Å². The number of amides is 2. The fourth-order valence-corrected chi connectivity index (χ4v) is 2.42. The summed E-state index contributed by atoms with van der Waals surface area (Å²) in [6.45, 7) is 3.46. The number of carbonyl (C=O) groups is 2. The number of hydrogen-bond donors (Lipinski definition) is 2. The van der Waals surface area contributed by atoms with Gasteiger partial charge in [-0.05, 0) is 19.8 Å². The Kier molecular flexibility index (Phi) is 4.60. The smallest absolute Gasteiger partial charge is 0.317 e. The van der Waals surface area contributed by atoms with Crippen LogP contribution in [0, 0.1) is 5.92 Å². The topological polar surface area (TPSA) is 87.5 Å². The number of carboxylic acid groups (broad SMARTS) is 1. The van der Waals surface area contributed by atoms with Gasteiger partial charge >= 0.3 is 12.0 Å². The van der Waals surface area contributed by atoms with Crippen LogP contribution in [-0.4, -0.2) is 50.7 Å². The number of aromatic nitrogens is 2. The zero-order valence-electron chi connectivity index (χ0n) is 11.5. The molecule has 2 N–H and O–H groups in total. The third-order valence-electron chi connectivity index (χ3n) is 3.47. The summed E-state index contributed by atoms with van der Waals surface area (Å²) in [5.74, 6) is -1.27. The maximum Gasteiger partial charge on any atom is 0.317 e. The normalized spacial score (nSPS) is 20.4. The van der Waals surface area contributed by atoms with E-state index in [1.807, 2.05) is 17.7 Å². The number of piperidine rings is 1. The largest absolute Gasteiger partial charge is 0.481 e. The van der Waals surface area contributed by atoms with Gasteiger partial charge in [-0.2, -0.15) is 0 Å². The number of nitrogens with zero attached hydrogens (tertiary/aromatic N) is 3. The molecule has 2 atom stereocenters. The Morgan fingerprint density at radius 3 is 3.00 bits per heavy atom. The van der Waals surface area contributed by atoms with Crippen molar-refractivity contribution in [3.05, 3.63) is 18.7 Å². The standard InChI is InChI=1S/C13H20N4O3/c1-10(7-16-6-4-14-9-16)15-13(20)17-5-2-3-11(8-17)12(18)19/h4,6,9-11H,2-3,5,7-8H2,1H3,(H,15,20)(H,18,19)/t10?,11-/m1/s1. The van der Waals surface area contributed by atoms with Crippen LogP contribution in [0.3, 0.4) is 0 Å². The third-order valence-corrected chi connectivity index (χ3v) is 3.47. The van der Waals surface area contributed by atoms with E-state index in [9.17, 15) is 9.59 Å². The van der Waals surface area contributed by atoms with Crippen molar-refractivity contribution in [1.29, 1.82) is 0 Å². The molecule has 1 aliphatic rings. The summed E-state index contributed by atoms with van der Waals surface area (Å²) in [7, 11) is 0. The van der Waals surface area contributed by atoms with Crippen LogP contribution in [0.5, 0.6) is 0 Å². The molecule has 1 saturated heterocycles. The Morgan fingerprint density at radius 2 is 2.35 bits per heavy atom. The monoisotopic (exact) mass is 280 g/mol. The van der Waals surface area contributed by atoms with Gasteiger partial charge < -0.3 is 19.9 Å². The van der Waals surface area contributed by atoms with Crippen LogP contribution < -0.4 is 5.32 Å². The summed E-state index contributed by atoms with van der Waals surface area (Å²) in [4.78, 5) is 28.6. The predicted molar refractivity (Wildman–Crippen MR) is 72.2 cm³/mol. The summed E-state index contributed by atoms with van der Waals surface area (Å²) >= 11 is 0. The van der Waals surface area contributed by atoms with Gasteiger partial charge in [-0.15, -0.1) is 0 Å². The average Bonchev–Trinajstić information content (AvgIpc) is 2.91. The SMILES string of the molecule is CC(Cn1ccnc1)NC(=O)N1CCC[C@@H](C(=O)O)C1. The molecule has 1 aliphatic heterocycles. The highest BCUT2D eigenvalue weighted by Crippen LogP contribution is 2.16. The Morgan fingerprint density at radius 1 is 1.55 bits per heavy atom. The van der Waals surface area contributed by atoms with E-state index in [4.69, 9.17) is 5.11 Å². The van der Waals surface area contributed by atoms with Crippen LogP contribution in [-0.2, 0) is 11.3 Å². The van der Waals surface area contributed by atoms with E-state index in [-0.39, 0.29) is 12.1 Å². The first-order valence-electron chi connectivity index (χ1n) is 6.80. The van der Waals surface area contributed by atoms with Crippen molar-refractivity contribution in [3.63, 3.8) is 0 Å². The molecule has 2 heterocycles. The molecule has 0 aromatic carbocycles. The third kappa shape index (κ3) is 3.72. The van der Waals surface area contributed by atoms with Gasteiger partial charge in [0.15, 0.2) is 0 Å². The molecule has 0 spiro atoms. The van der Waals surface area contributed by atoms with Gasteiger partial charge in [0, 0.05) is 38.1 Å². The van der Waals surface area contributed by atoms with E-state index < -0.39 is 11.9 Å². The van der Waals surface area contributed by atoms with Crippen molar-refractivity contribution in [2.45, 2.75) is 32.4 Å². The number of carboxylic acids is 1. The van der Waals surface area contributed by atoms with Crippen LogP contribution in [0.4, 0.5) is 4.79 Å². The van der Waals surface area contributed by atoms with Crippen LogP contribution in [0.1, 0.15) is 19.8 Å². The van der Waals surface area contributed by atoms with Gasteiger partial charge in [-0.25, -0.2) is 9.78 Å². The Hall–Kier alpha value is -2.05. The Labute approximate surface area is 117 Å². The molecular weight excluding hydrogens is 260 g/mol. The molecule has 2 rings (SSSR count). The van der Waals surface area contributed by atoms with Crippen molar-refractivity contribution < 1.29 is 14.7 Å². The van der Waals surface area contributed by atoms with Gasteiger partial charge in [0.25, 0.3) is 0 Å². The lowest BCUT2D eigenvalue weighted by molar-refractivity contribution is -0.143. The maximum absolute atomic E-state index is 12.1. The van der Waals surface area contributed by atoms with Crippen molar-refractivity contribution in [3.8, 4) is 0 Å². The molecule has 1 aromatic heterocycles. The molecule has 1 fully saturated rings. The molecular formula is C13H20N4O3. The molecule has 1 aromatic rings. The summed E-state index contributed by atoms with van der Waals surface area (Å²) < 4.78 is 1.89. The van der Waals surface area contributed by atoms with Gasteiger partial charge in [0.2, 0.25) is 0 Å². The highest BCUT2D eigenvalue weighted by atomic mass is 16.4. The lowest BCUT2D eigenvalue weighted by atomic mass is 9.99. The fourth-order valence-electron chi connectivity index (χ4n) is 2.42. The van der Waals surface area contributed by atoms with Crippen molar-refractivity contribution in [2.24, 2.45) is 5.92 Å². The number of imidazole rings is 1. The second-order valence-corrected chi connectivity index (χ2v) is 5.23. The lowest BCUT2D eigenvalue weighted by Gasteiger charge is -2.31. The number of rotatable bonds is 4. The van der Waals surface area contributed by atoms with Crippen LogP contribution >= 0.6 is 0 Å². The molecule has 0 aliphatic carbocycles. The van der Waals surface area contributed by atoms with Crippen molar-refractivity contribution in [1.82, 2.24) is 19.8 Å². The maximum atomic E-state index is 12.1. The first kappa shape index (κ1) is 14.4. The quantitative estimate of drug-likeness (QED) is 0.853. The number of likely N-dealkylation sites (tertiary alicyclic amines) is 1. The van der Waals surface area contributed by atoms with E-state index in [1.54, 1.807) is 17.4 Å². The van der Waals surface area contributed by atoms with Crippen molar-refractivity contribution >= 4 is 12.0 Å². The minimum absolute atomic E-state index is 0.0399. The molecule has 2 amide bonds. The summed E-state index contributed by atoms with van der Waals surface area (Å²) in [6.07, 6.45) is 6.61. The van der Waals surface area contributed by atoms with Gasteiger partial charge in [0.05, 0.1) is 12.2 Å². The molecule has 0 radical (unpaired) electrons. The predicted octanol–water partition coefficient (Wildman–Crippen LogP) is 0.778. The number of nitrogens with one attached hydrogen (secondary N) is 1. The molecule has 0 bridgehead atoms. The van der Waals surface area contributed by atoms with Gasteiger partial charge in [-0.3, -0.25) is 4.79 Å². The fraction of sp³-hybridized carbons (Fsp3) is 0.615. The molecule has 20 heavy (non-hydrogen) atoms. The molecule has 110 valence electrons. The zero-order chi connectivity index (χ0) is 14.5. The van der Waals surface area contributed by atoms with E-state index in [0.717, 1.165) is 6.42 Å². The van der Waals surface area contributed by atoms with Crippen LogP contribution in [0.25, 0.3) is 0 Å². The average molecular weight is 280 g/mol. The first-order chi connectivity index (χ1) is 9.56.